The van der Waals surface area contributed by atoms with Crippen molar-refractivity contribution < 1.29 is 4.79 Å². The van der Waals surface area contributed by atoms with Gasteiger partial charge in [0.1, 0.15) is 5.03 Å². The van der Waals surface area contributed by atoms with E-state index >= 15 is 0 Å². The molecule has 0 atom stereocenters. The zero-order valence-corrected chi connectivity index (χ0v) is 18.6. The molecule has 0 saturated heterocycles. The predicted molar refractivity (Wildman–Crippen MR) is 121 cm³/mol. The summed E-state index contributed by atoms with van der Waals surface area (Å²) in [5, 5.41) is 15.3. The first-order valence-corrected chi connectivity index (χ1v) is 10.6. The molecule has 2 aromatic heterocycles. The molecule has 2 aromatic carbocycles. The number of carbonyl (C=O) groups excluding carboxylic acids is 1. The maximum atomic E-state index is 13.1. The Labute approximate surface area is 184 Å². The molecule has 7 nitrogen and oxygen atoms in total. The summed E-state index contributed by atoms with van der Waals surface area (Å²) in [5.41, 5.74) is 5.35. The van der Waals surface area contributed by atoms with Crippen LogP contribution in [0.25, 0.3) is 5.69 Å². The fraction of sp³-hybridized carbons (Fsp3) is 0.174. The Morgan fingerprint density at radius 2 is 1.84 bits per heavy atom. The lowest BCUT2D eigenvalue weighted by molar-refractivity contribution is 0.102. The SMILES string of the molecule is Cc1ccc(Sc2ncccc2C(=O)Nc2ccc(C)c(-n3nnnc3C)c2)c(C)c1. The van der Waals surface area contributed by atoms with Crippen LogP contribution < -0.4 is 5.32 Å². The third kappa shape index (κ3) is 4.49. The molecule has 0 spiro atoms. The second kappa shape index (κ2) is 8.69. The van der Waals surface area contributed by atoms with Crippen LogP contribution in [-0.4, -0.2) is 31.1 Å². The van der Waals surface area contributed by atoms with Gasteiger partial charge in [0.2, 0.25) is 0 Å². The quantitative estimate of drug-likeness (QED) is 0.494. The Morgan fingerprint density at radius 3 is 2.58 bits per heavy atom. The number of hydrogen-bond donors (Lipinski definition) is 1. The van der Waals surface area contributed by atoms with Crippen LogP contribution in [0.3, 0.4) is 0 Å². The molecule has 0 radical (unpaired) electrons. The summed E-state index contributed by atoms with van der Waals surface area (Å²) in [4.78, 5) is 18.6. The first kappa shape index (κ1) is 20.7. The van der Waals surface area contributed by atoms with Gasteiger partial charge < -0.3 is 5.32 Å². The second-order valence-corrected chi connectivity index (χ2v) is 8.35. The number of pyridine rings is 1. The molecular formula is C23H22N6OS. The van der Waals surface area contributed by atoms with E-state index in [1.54, 1.807) is 23.0 Å². The van der Waals surface area contributed by atoms with E-state index in [2.05, 4.69) is 57.9 Å². The van der Waals surface area contributed by atoms with Crippen molar-refractivity contribution >= 4 is 23.4 Å². The molecule has 31 heavy (non-hydrogen) atoms. The van der Waals surface area contributed by atoms with Gasteiger partial charge in [-0.25, -0.2) is 4.98 Å². The van der Waals surface area contributed by atoms with Crippen molar-refractivity contribution in [1.29, 1.82) is 0 Å². The molecule has 0 aliphatic rings. The molecule has 2 heterocycles. The molecule has 4 rings (SSSR count). The van der Waals surface area contributed by atoms with Gasteiger partial charge in [-0.1, -0.05) is 35.5 Å². The molecule has 0 fully saturated rings. The Morgan fingerprint density at radius 1 is 1.00 bits per heavy atom. The molecule has 4 aromatic rings. The molecule has 0 aliphatic heterocycles. The van der Waals surface area contributed by atoms with Crippen LogP contribution in [0.15, 0.2) is 64.6 Å². The van der Waals surface area contributed by atoms with Crippen molar-refractivity contribution in [3.63, 3.8) is 0 Å². The summed E-state index contributed by atoms with van der Waals surface area (Å²) < 4.78 is 1.65. The number of tetrazole rings is 1. The Bertz CT molecular complexity index is 1270. The summed E-state index contributed by atoms with van der Waals surface area (Å²) in [6.45, 7) is 7.93. The van der Waals surface area contributed by atoms with E-state index in [1.807, 2.05) is 32.0 Å². The monoisotopic (exact) mass is 430 g/mol. The molecule has 0 aliphatic carbocycles. The zero-order chi connectivity index (χ0) is 22.0. The number of anilines is 1. The first-order chi connectivity index (χ1) is 14.9. The van der Waals surface area contributed by atoms with Crippen molar-refractivity contribution in [1.82, 2.24) is 25.2 Å². The Balaban J connectivity index is 1.61. The molecule has 1 amide bonds. The Kier molecular flexibility index (Phi) is 5.81. The summed E-state index contributed by atoms with van der Waals surface area (Å²) >= 11 is 1.49. The minimum Gasteiger partial charge on any atom is -0.322 e. The van der Waals surface area contributed by atoms with Crippen LogP contribution in [0, 0.1) is 27.7 Å². The van der Waals surface area contributed by atoms with Crippen molar-refractivity contribution in [2.24, 2.45) is 0 Å². The van der Waals surface area contributed by atoms with Gasteiger partial charge >= 0.3 is 0 Å². The van der Waals surface area contributed by atoms with Crippen molar-refractivity contribution in [3.05, 3.63) is 82.8 Å². The van der Waals surface area contributed by atoms with Gasteiger partial charge in [-0.05, 0) is 79.6 Å². The Hall–Kier alpha value is -3.52. The smallest absolute Gasteiger partial charge is 0.258 e. The largest absolute Gasteiger partial charge is 0.322 e. The fourth-order valence-electron chi connectivity index (χ4n) is 3.23. The minimum absolute atomic E-state index is 0.219. The third-order valence-corrected chi connectivity index (χ3v) is 6.07. The molecule has 8 heteroatoms. The number of nitrogens with zero attached hydrogens (tertiary/aromatic N) is 5. The highest BCUT2D eigenvalue weighted by atomic mass is 32.2. The summed E-state index contributed by atoms with van der Waals surface area (Å²) in [5.74, 6) is 0.453. The predicted octanol–water partition coefficient (Wildman–Crippen LogP) is 4.69. The summed E-state index contributed by atoms with van der Waals surface area (Å²) in [6, 6.07) is 15.5. The van der Waals surface area contributed by atoms with Gasteiger partial charge in [-0.3, -0.25) is 4.79 Å². The number of aromatic nitrogens is 5. The van der Waals surface area contributed by atoms with Gasteiger partial charge in [-0.15, -0.1) is 5.10 Å². The molecule has 0 unspecified atom stereocenters. The van der Waals surface area contributed by atoms with E-state index in [4.69, 9.17) is 0 Å². The van der Waals surface area contributed by atoms with Crippen molar-refractivity contribution in [2.75, 3.05) is 5.32 Å². The number of amides is 1. The molecular weight excluding hydrogens is 408 g/mol. The van der Waals surface area contributed by atoms with Crippen LogP contribution in [0.2, 0.25) is 0 Å². The van der Waals surface area contributed by atoms with E-state index in [0.29, 0.717) is 22.1 Å². The maximum Gasteiger partial charge on any atom is 0.258 e. The van der Waals surface area contributed by atoms with Crippen LogP contribution in [-0.2, 0) is 0 Å². The topological polar surface area (TPSA) is 85.6 Å². The lowest BCUT2D eigenvalue weighted by Crippen LogP contribution is -2.14. The maximum absolute atomic E-state index is 13.1. The molecule has 156 valence electrons. The lowest BCUT2D eigenvalue weighted by atomic mass is 10.1. The lowest BCUT2D eigenvalue weighted by Gasteiger charge is -2.12. The number of carbonyl (C=O) groups is 1. The third-order valence-electron chi connectivity index (χ3n) is 4.87. The highest BCUT2D eigenvalue weighted by molar-refractivity contribution is 7.99. The highest BCUT2D eigenvalue weighted by Crippen LogP contribution is 2.32. The molecule has 1 N–H and O–H groups in total. The van der Waals surface area contributed by atoms with Crippen molar-refractivity contribution in [3.8, 4) is 5.69 Å². The van der Waals surface area contributed by atoms with E-state index in [-0.39, 0.29) is 5.91 Å². The van der Waals surface area contributed by atoms with Crippen LogP contribution in [0.5, 0.6) is 0 Å². The van der Waals surface area contributed by atoms with E-state index in [0.717, 1.165) is 21.7 Å². The normalized spacial score (nSPS) is 10.8. The minimum atomic E-state index is -0.219. The van der Waals surface area contributed by atoms with Crippen LogP contribution in [0.4, 0.5) is 5.69 Å². The van der Waals surface area contributed by atoms with Gasteiger partial charge in [0, 0.05) is 16.8 Å². The number of hydrogen-bond acceptors (Lipinski definition) is 6. The second-order valence-electron chi connectivity index (χ2n) is 7.32. The molecule has 0 bridgehead atoms. The van der Waals surface area contributed by atoms with E-state index < -0.39 is 0 Å². The van der Waals surface area contributed by atoms with Crippen molar-refractivity contribution in [2.45, 2.75) is 37.6 Å². The zero-order valence-electron chi connectivity index (χ0n) is 17.7. The fourth-order valence-corrected chi connectivity index (χ4v) is 4.18. The standard InChI is InChI=1S/C23H22N6OS/c1-14-7-10-21(16(3)12-14)31-23-19(6-5-11-24-23)22(30)25-18-9-8-15(2)20(13-18)29-17(4)26-27-28-29/h5-13H,1-4H3,(H,25,30). The number of benzene rings is 2. The summed E-state index contributed by atoms with van der Waals surface area (Å²) in [7, 11) is 0. The average Bonchev–Trinajstić information content (AvgIpc) is 3.17. The number of aryl methyl sites for hydroxylation is 4. The average molecular weight is 431 g/mol. The summed E-state index contributed by atoms with van der Waals surface area (Å²) in [6.07, 6.45) is 1.70. The highest BCUT2D eigenvalue weighted by Gasteiger charge is 2.16. The van der Waals surface area contributed by atoms with Gasteiger partial charge in [0.05, 0.1) is 11.3 Å². The number of nitrogens with one attached hydrogen (secondary N) is 1. The van der Waals surface area contributed by atoms with E-state index in [1.165, 1.54) is 17.3 Å². The van der Waals surface area contributed by atoms with Gasteiger partial charge in [0.15, 0.2) is 5.82 Å². The molecule has 0 saturated carbocycles. The van der Waals surface area contributed by atoms with Crippen LogP contribution >= 0.6 is 11.8 Å². The van der Waals surface area contributed by atoms with E-state index in [9.17, 15) is 4.79 Å². The number of rotatable bonds is 5. The van der Waals surface area contributed by atoms with Gasteiger partial charge in [-0.2, -0.15) is 4.68 Å². The first-order valence-electron chi connectivity index (χ1n) is 9.80. The van der Waals surface area contributed by atoms with Crippen LogP contribution in [0.1, 0.15) is 32.9 Å². The van der Waals surface area contributed by atoms with Gasteiger partial charge in [0.25, 0.3) is 5.91 Å².